The van der Waals surface area contributed by atoms with Crippen molar-refractivity contribution in [1.82, 2.24) is 19.9 Å². The Hall–Kier alpha value is -2.65. The second kappa shape index (κ2) is 7.30. The second-order valence-electron chi connectivity index (χ2n) is 6.01. The molecule has 0 bridgehead atoms. The summed E-state index contributed by atoms with van der Waals surface area (Å²) in [4.78, 5) is 2.93. The number of sulfonamides is 1. The van der Waals surface area contributed by atoms with E-state index in [0.29, 0.717) is 11.6 Å². The fourth-order valence-electron chi connectivity index (χ4n) is 2.28. The number of nitrogens with one attached hydrogen (secondary N) is 2. The Morgan fingerprint density at radius 2 is 1.96 bits per heavy atom. The molecule has 0 saturated carbocycles. The Kier molecular flexibility index (Phi) is 5.10. The highest BCUT2D eigenvalue weighted by Crippen LogP contribution is 2.20. The molecule has 2 heterocycles. The molecule has 0 fully saturated rings. The van der Waals surface area contributed by atoms with Gasteiger partial charge in [0.25, 0.3) is 5.89 Å². The maximum atomic E-state index is 12.4. The lowest BCUT2D eigenvalue weighted by atomic mass is 10.2. The predicted molar refractivity (Wildman–Crippen MR) is 95.1 cm³/mol. The van der Waals surface area contributed by atoms with Crippen molar-refractivity contribution in [1.29, 1.82) is 0 Å². The second-order valence-corrected chi connectivity index (χ2v) is 7.78. The van der Waals surface area contributed by atoms with E-state index in [2.05, 4.69) is 19.9 Å². The van der Waals surface area contributed by atoms with E-state index in [-0.39, 0.29) is 23.4 Å². The fraction of sp³-hybridized carbons (Fsp3) is 0.294. The average Bonchev–Trinajstić information content (AvgIpc) is 3.23. The van der Waals surface area contributed by atoms with Crippen molar-refractivity contribution < 1.29 is 17.6 Å². The predicted octanol–water partition coefficient (Wildman–Crippen LogP) is 2.64. The topological polar surface area (TPSA) is 110 Å². The van der Waals surface area contributed by atoms with Crippen molar-refractivity contribution in [2.75, 3.05) is 0 Å². The van der Waals surface area contributed by atoms with E-state index >= 15 is 0 Å². The number of aryl methyl sites for hydroxylation is 1. The van der Waals surface area contributed by atoms with Crippen LogP contribution >= 0.6 is 0 Å². The number of aromatic nitrogens is 3. The first-order valence-corrected chi connectivity index (χ1v) is 9.56. The normalized spacial score (nSPS) is 11.8. The first-order chi connectivity index (χ1) is 12.3. The van der Waals surface area contributed by atoms with Gasteiger partial charge in [-0.1, -0.05) is 12.1 Å². The summed E-state index contributed by atoms with van der Waals surface area (Å²) < 4.78 is 38.3. The molecule has 138 valence electrons. The fourth-order valence-corrected chi connectivity index (χ4v) is 3.29. The van der Waals surface area contributed by atoms with Gasteiger partial charge in [-0.3, -0.25) is 0 Å². The van der Waals surface area contributed by atoms with E-state index in [1.165, 1.54) is 12.3 Å². The summed E-state index contributed by atoms with van der Waals surface area (Å²) >= 11 is 0. The Labute approximate surface area is 151 Å². The number of nitrogens with zero attached hydrogens (tertiary/aromatic N) is 2. The summed E-state index contributed by atoms with van der Waals surface area (Å²) in [5.41, 5.74) is 1.27. The maximum Gasteiger partial charge on any atom is 0.264 e. The SMILES string of the molecule is Cc1nnc(-c2cc(S(=O)(=O)NCc3ccc(OC(C)C)cc3)c[nH]2)o1. The Morgan fingerprint density at radius 3 is 2.58 bits per heavy atom. The Balaban J connectivity index is 1.66. The van der Waals surface area contributed by atoms with Gasteiger partial charge in [-0.15, -0.1) is 10.2 Å². The van der Waals surface area contributed by atoms with E-state index in [0.717, 1.165) is 11.3 Å². The lowest BCUT2D eigenvalue weighted by Gasteiger charge is -2.10. The van der Waals surface area contributed by atoms with Gasteiger partial charge >= 0.3 is 0 Å². The minimum Gasteiger partial charge on any atom is -0.491 e. The molecule has 0 radical (unpaired) electrons. The molecule has 0 spiro atoms. The highest BCUT2D eigenvalue weighted by Gasteiger charge is 2.18. The van der Waals surface area contributed by atoms with Gasteiger partial charge in [-0.2, -0.15) is 0 Å². The van der Waals surface area contributed by atoms with Gasteiger partial charge in [-0.25, -0.2) is 13.1 Å². The van der Waals surface area contributed by atoms with Gasteiger partial charge in [-0.05, 0) is 37.6 Å². The van der Waals surface area contributed by atoms with Crippen molar-refractivity contribution in [3.05, 3.63) is 48.0 Å². The zero-order valence-corrected chi connectivity index (χ0v) is 15.5. The smallest absolute Gasteiger partial charge is 0.264 e. The van der Waals surface area contributed by atoms with Crippen LogP contribution in [-0.4, -0.2) is 29.7 Å². The summed E-state index contributed by atoms with van der Waals surface area (Å²) in [6.45, 7) is 5.73. The molecule has 0 saturated heterocycles. The number of hydrogen-bond acceptors (Lipinski definition) is 6. The number of hydrogen-bond donors (Lipinski definition) is 2. The molecule has 0 aliphatic carbocycles. The third kappa shape index (κ3) is 4.30. The van der Waals surface area contributed by atoms with Crippen LogP contribution in [0.15, 0.2) is 45.8 Å². The van der Waals surface area contributed by atoms with E-state index in [4.69, 9.17) is 9.15 Å². The number of aromatic amines is 1. The molecule has 2 aromatic heterocycles. The summed E-state index contributed by atoms with van der Waals surface area (Å²) in [5, 5.41) is 7.58. The van der Waals surface area contributed by atoms with Crippen molar-refractivity contribution >= 4 is 10.0 Å². The molecule has 26 heavy (non-hydrogen) atoms. The van der Waals surface area contributed by atoms with Crippen LogP contribution in [0.4, 0.5) is 0 Å². The van der Waals surface area contributed by atoms with Crippen LogP contribution in [0.25, 0.3) is 11.6 Å². The van der Waals surface area contributed by atoms with Crippen molar-refractivity contribution in [3.8, 4) is 17.3 Å². The third-order valence-electron chi connectivity index (χ3n) is 3.48. The summed E-state index contributed by atoms with van der Waals surface area (Å²) in [6, 6.07) is 8.73. The van der Waals surface area contributed by atoms with Crippen molar-refractivity contribution in [2.24, 2.45) is 0 Å². The zero-order chi connectivity index (χ0) is 18.7. The van der Waals surface area contributed by atoms with Gasteiger partial charge in [0.15, 0.2) is 0 Å². The lowest BCUT2D eigenvalue weighted by Crippen LogP contribution is -2.22. The minimum atomic E-state index is -3.67. The van der Waals surface area contributed by atoms with Gasteiger partial charge in [0, 0.05) is 19.7 Å². The zero-order valence-electron chi connectivity index (χ0n) is 14.7. The van der Waals surface area contributed by atoms with Crippen LogP contribution in [0.5, 0.6) is 5.75 Å². The van der Waals surface area contributed by atoms with E-state index < -0.39 is 10.0 Å². The van der Waals surface area contributed by atoms with E-state index in [1.54, 1.807) is 6.92 Å². The molecule has 0 aliphatic rings. The molecule has 3 rings (SSSR count). The molecule has 9 heteroatoms. The Bertz CT molecular complexity index is 974. The molecule has 0 aliphatic heterocycles. The van der Waals surface area contributed by atoms with Crippen LogP contribution < -0.4 is 9.46 Å². The molecule has 8 nitrogen and oxygen atoms in total. The number of ether oxygens (including phenoxy) is 1. The van der Waals surface area contributed by atoms with Gasteiger partial charge in [0.05, 0.1) is 6.10 Å². The first kappa shape index (κ1) is 18.2. The highest BCUT2D eigenvalue weighted by molar-refractivity contribution is 7.89. The van der Waals surface area contributed by atoms with Crippen molar-refractivity contribution in [2.45, 2.75) is 38.3 Å². The molecule has 0 amide bonds. The molecule has 2 N–H and O–H groups in total. The molecular formula is C17H20N4O4S. The van der Waals surface area contributed by atoms with Crippen LogP contribution in [0.1, 0.15) is 25.3 Å². The molecule has 0 unspecified atom stereocenters. The maximum absolute atomic E-state index is 12.4. The average molecular weight is 376 g/mol. The van der Waals surface area contributed by atoms with Gasteiger partial charge in [0.2, 0.25) is 15.9 Å². The van der Waals surface area contributed by atoms with Crippen molar-refractivity contribution in [3.63, 3.8) is 0 Å². The number of H-pyrrole nitrogens is 1. The standard InChI is InChI=1S/C17H20N4O4S/c1-11(2)24-14-6-4-13(5-7-14)9-19-26(22,23)15-8-16(18-10-15)17-21-20-12(3)25-17/h4-8,10-11,18-19H,9H2,1-3H3. The molecule has 1 aromatic carbocycles. The van der Waals surface area contributed by atoms with Crippen LogP contribution in [-0.2, 0) is 16.6 Å². The van der Waals surface area contributed by atoms with Gasteiger partial charge < -0.3 is 14.1 Å². The van der Waals surface area contributed by atoms with Gasteiger partial charge in [0.1, 0.15) is 16.3 Å². The van der Waals surface area contributed by atoms with Crippen LogP contribution in [0.3, 0.4) is 0 Å². The largest absolute Gasteiger partial charge is 0.491 e. The van der Waals surface area contributed by atoms with Crippen LogP contribution in [0.2, 0.25) is 0 Å². The third-order valence-corrected chi connectivity index (χ3v) is 4.87. The quantitative estimate of drug-likeness (QED) is 0.656. The number of benzene rings is 1. The summed E-state index contributed by atoms with van der Waals surface area (Å²) in [7, 11) is -3.67. The molecular weight excluding hydrogens is 356 g/mol. The molecule has 3 aromatic rings. The monoisotopic (exact) mass is 376 g/mol. The highest BCUT2D eigenvalue weighted by atomic mass is 32.2. The van der Waals surface area contributed by atoms with Crippen LogP contribution in [0, 0.1) is 6.92 Å². The van der Waals surface area contributed by atoms with E-state index in [9.17, 15) is 8.42 Å². The molecule has 0 atom stereocenters. The lowest BCUT2D eigenvalue weighted by molar-refractivity contribution is 0.242. The number of rotatable bonds is 7. The Morgan fingerprint density at radius 1 is 1.23 bits per heavy atom. The minimum absolute atomic E-state index is 0.0878. The first-order valence-electron chi connectivity index (χ1n) is 8.07. The summed E-state index contributed by atoms with van der Waals surface area (Å²) in [6.07, 6.45) is 1.47. The van der Waals surface area contributed by atoms with E-state index in [1.807, 2.05) is 38.1 Å². The summed E-state index contributed by atoms with van der Waals surface area (Å²) in [5.74, 6) is 1.39.